The molecule has 5 rings (SSSR count). The fraction of sp³-hybridized carbons (Fsp3) is 0.320. The van der Waals surface area contributed by atoms with E-state index in [1.807, 2.05) is 44.2 Å². The molecule has 1 N–H and O–H groups in total. The Labute approximate surface area is 197 Å². The van der Waals surface area contributed by atoms with Crippen LogP contribution in [0.1, 0.15) is 53.8 Å². The predicted molar refractivity (Wildman–Crippen MR) is 125 cm³/mol. The first-order valence-electron chi connectivity index (χ1n) is 11.1. The van der Waals surface area contributed by atoms with E-state index in [0.29, 0.717) is 0 Å². The number of carbonyl (C=O) groups excluding carboxylic acids is 1. The molecule has 0 spiro atoms. The maximum Gasteiger partial charge on any atom is 0.316 e. The molecule has 0 saturated carbocycles. The summed E-state index contributed by atoms with van der Waals surface area (Å²) >= 11 is 0. The zero-order chi connectivity index (χ0) is 24.1. The average molecular weight is 478 g/mol. The van der Waals surface area contributed by atoms with Gasteiger partial charge in [-0.2, -0.15) is 4.98 Å². The zero-order valence-electron chi connectivity index (χ0n) is 18.7. The lowest BCUT2D eigenvalue weighted by atomic mass is 9.80. The third kappa shape index (κ3) is 3.37. The summed E-state index contributed by atoms with van der Waals surface area (Å²) in [5.74, 6) is -1.85. The van der Waals surface area contributed by atoms with E-state index in [9.17, 15) is 23.1 Å². The van der Waals surface area contributed by atoms with Gasteiger partial charge in [0, 0.05) is 24.1 Å². The van der Waals surface area contributed by atoms with Crippen LogP contribution >= 0.6 is 0 Å². The Morgan fingerprint density at radius 2 is 1.94 bits per heavy atom. The number of aryl methyl sites for hydroxylation is 1. The van der Waals surface area contributed by atoms with Crippen molar-refractivity contribution < 1.29 is 18.3 Å². The molecule has 1 aliphatic heterocycles. The normalized spacial score (nSPS) is 21.1. The van der Waals surface area contributed by atoms with Gasteiger partial charge in [0.05, 0.1) is 6.04 Å². The molecule has 1 amide bonds. The summed E-state index contributed by atoms with van der Waals surface area (Å²) in [6.07, 6.45) is 5.35. The van der Waals surface area contributed by atoms with E-state index in [-0.39, 0.29) is 18.3 Å². The van der Waals surface area contributed by atoms with Gasteiger partial charge in [-0.1, -0.05) is 35.7 Å². The molecule has 3 aliphatic rings. The summed E-state index contributed by atoms with van der Waals surface area (Å²) in [5.41, 5.74) is 8.78. The number of hydrogen-bond donors (Lipinski definition) is 2. The summed E-state index contributed by atoms with van der Waals surface area (Å²) in [5, 5.41) is 10.1. The van der Waals surface area contributed by atoms with E-state index in [2.05, 4.69) is 16.4 Å². The van der Waals surface area contributed by atoms with Crippen LogP contribution in [0.5, 0.6) is 5.75 Å². The number of allylic oxidation sites excluding steroid dienone is 4. The highest BCUT2D eigenvalue weighted by atomic mass is 32.2. The molecule has 2 atom stereocenters. The first kappa shape index (κ1) is 22.2. The van der Waals surface area contributed by atoms with Crippen molar-refractivity contribution in [1.82, 2.24) is 14.5 Å². The van der Waals surface area contributed by atoms with Crippen molar-refractivity contribution in [2.45, 2.75) is 49.8 Å². The molecule has 9 heteroatoms. The molecule has 1 aromatic carbocycles. The Kier molecular flexibility index (Phi) is 5.41. The second-order valence-electron chi connectivity index (χ2n) is 8.88. The van der Waals surface area contributed by atoms with Crippen molar-refractivity contribution in [2.24, 2.45) is 0 Å². The Bertz CT molecular complexity index is 1490. The summed E-state index contributed by atoms with van der Waals surface area (Å²) in [6.45, 7) is 3.85. The van der Waals surface area contributed by atoms with E-state index in [1.54, 1.807) is 11.0 Å². The van der Waals surface area contributed by atoms with Gasteiger partial charge in [-0.15, -0.1) is 0 Å². The molecule has 0 bridgehead atoms. The van der Waals surface area contributed by atoms with Crippen LogP contribution in [0.2, 0.25) is 0 Å². The fourth-order valence-corrected chi connectivity index (χ4v) is 5.78. The number of hydrogen-bond acceptors (Lipinski definition) is 6. The van der Waals surface area contributed by atoms with E-state index >= 15 is 0 Å². The average Bonchev–Trinajstić information content (AvgIpc) is 2.98. The van der Waals surface area contributed by atoms with Gasteiger partial charge >= 0.3 is 5.56 Å². The van der Waals surface area contributed by atoms with E-state index in [4.69, 9.17) is 0 Å². The van der Waals surface area contributed by atoms with Crippen molar-refractivity contribution in [3.05, 3.63) is 86.2 Å². The topological polar surface area (TPSA) is 110 Å². The van der Waals surface area contributed by atoms with Crippen LogP contribution in [0.15, 0.2) is 69.0 Å². The highest BCUT2D eigenvalue weighted by Gasteiger charge is 2.44. The molecular weight excluding hydrogens is 454 g/mol. The Hall–Kier alpha value is -3.64. The summed E-state index contributed by atoms with van der Waals surface area (Å²) in [4.78, 5) is 30.9. The molecule has 174 valence electrons. The second-order valence-corrected chi connectivity index (χ2v) is 9.79. The maximum atomic E-state index is 13.4. The fourth-order valence-electron chi connectivity index (χ4n) is 5.18. The van der Waals surface area contributed by atoms with E-state index in [1.165, 1.54) is 4.57 Å². The van der Waals surface area contributed by atoms with Crippen LogP contribution in [0, 0.1) is 0 Å². The number of aromatic nitrogens is 2. The lowest BCUT2D eigenvalue weighted by Gasteiger charge is -2.42. The van der Waals surface area contributed by atoms with Crippen LogP contribution in [-0.4, -0.2) is 46.5 Å². The zero-order valence-corrected chi connectivity index (χ0v) is 19.6. The Balaban J connectivity index is 1.88. The largest absolute Gasteiger partial charge is 0.501 e. The first-order valence-corrected chi connectivity index (χ1v) is 12.3. The van der Waals surface area contributed by atoms with Crippen molar-refractivity contribution in [3.8, 4) is 5.75 Å². The van der Waals surface area contributed by atoms with Gasteiger partial charge in [-0.05, 0) is 55.5 Å². The van der Waals surface area contributed by atoms with Crippen molar-refractivity contribution >= 4 is 16.6 Å². The molecular formula is C25H23N3O5S. The Morgan fingerprint density at radius 3 is 2.68 bits per heavy atom. The molecule has 0 fully saturated rings. The number of thiol groups is 1. The maximum absolute atomic E-state index is 13.4. The number of aromatic hydroxyl groups is 1. The molecule has 2 heterocycles. The SMILES string of the molecule is CC(C)N1C[C@H](C2C3=C=C=CC=C3CCc3ccccc32)n2c([SH](=O)=O)nc(=O)c(O)c2C1=O. The van der Waals surface area contributed by atoms with Crippen molar-refractivity contribution in [1.29, 1.82) is 0 Å². The molecule has 0 radical (unpaired) electrons. The monoisotopic (exact) mass is 477 g/mol. The number of amides is 1. The van der Waals surface area contributed by atoms with Crippen molar-refractivity contribution in [3.63, 3.8) is 0 Å². The number of nitrogens with zero attached hydrogens (tertiary/aromatic N) is 3. The quantitative estimate of drug-likeness (QED) is 0.399. The van der Waals surface area contributed by atoms with Gasteiger partial charge in [0.15, 0.2) is 5.69 Å². The highest BCUT2D eigenvalue weighted by Crippen LogP contribution is 2.47. The highest BCUT2D eigenvalue weighted by molar-refractivity contribution is 7.72. The van der Waals surface area contributed by atoms with Crippen LogP contribution in [0.3, 0.4) is 0 Å². The van der Waals surface area contributed by atoms with Crippen molar-refractivity contribution in [2.75, 3.05) is 6.54 Å². The third-order valence-electron chi connectivity index (χ3n) is 6.72. The van der Waals surface area contributed by atoms with Crippen LogP contribution in [0.4, 0.5) is 0 Å². The number of rotatable bonds is 3. The van der Waals surface area contributed by atoms with Crippen LogP contribution in [0.25, 0.3) is 0 Å². The molecule has 34 heavy (non-hydrogen) atoms. The predicted octanol–water partition coefficient (Wildman–Crippen LogP) is 2.23. The molecule has 0 saturated heterocycles. The minimum atomic E-state index is -3.32. The lowest BCUT2D eigenvalue weighted by molar-refractivity contribution is 0.0572. The smallest absolute Gasteiger partial charge is 0.316 e. The van der Waals surface area contributed by atoms with Crippen LogP contribution in [-0.2, 0) is 17.1 Å². The summed E-state index contributed by atoms with van der Waals surface area (Å²) < 4.78 is 25.7. The van der Waals surface area contributed by atoms with Gasteiger partial charge in [-0.25, -0.2) is 8.42 Å². The molecule has 8 nitrogen and oxygen atoms in total. The first-order chi connectivity index (χ1) is 16.3. The second kappa shape index (κ2) is 8.29. The molecule has 1 aromatic heterocycles. The minimum Gasteiger partial charge on any atom is -0.501 e. The van der Waals surface area contributed by atoms with Gasteiger partial charge in [0.2, 0.25) is 21.6 Å². The molecule has 2 aromatic rings. The van der Waals surface area contributed by atoms with Gasteiger partial charge in [-0.3, -0.25) is 9.59 Å². The minimum absolute atomic E-state index is 0.171. The number of benzene rings is 1. The van der Waals surface area contributed by atoms with Gasteiger partial charge in [0.25, 0.3) is 5.91 Å². The summed E-state index contributed by atoms with van der Waals surface area (Å²) in [7, 11) is -3.32. The molecule has 2 aliphatic carbocycles. The number of carbonyl (C=O) groups is 1. The van der Waals surface area contributed by atoms with Crippen LogP contribution < -0.4 is 5.56 Å². The molecule has 1 unspecified atom stereocenters. The standard InChI is InChI=1S/C25H23N3O5S/c1-14(2)27-13-19(28-21(24(27)31)22(29)23(30)26-25(28)34(32)33)20-17-9-5-3-7-15(17)11-12-16-8-4-6-10-18(16)20/h3-5,7-9,14,19-20,29,34H,11-13H2,1-2H3/t19-,20?/m1/s1. The van der Waals surface area contributed by atoms with Gasteiger partial charge in [0.1, 0.15) is 0 Å². The van der Waals surface area contributed by atoms with E-state index < -0.39 is 45.0 Å². The lowest BCUT2D eigenvalue weighted by Crippen LogP contribution is -2.50. The van der Waals surface area contributed by atoms with E-state index in [0.717, 1.165) is 35.1 Å². The number of fused-ring (bicyclic) bond motifs is 3. The third-order valence-corrected chi connectivity index (χ3v) is 7.36. The van der Waals surface area contributed by atoms with Gasteiger partial charge < -0.3 is 14.6 Å². The Morgan fingerprint density at radius 1 is 1.18 bits per heavy atom. The summed E-state index contributed by atoms with van der Waals surface area (Å²) in [6, 6.07) is 7.03.